The number of anilines is 2. The Morgan fingerprint density at radius 1 is 1.30 bits per heavy atom. The highest BCUT2D eigenvalue weighted by atomic mass is 32.1. The van der Waals surface area contributed by atoms with E-state index in [9.17, 15) is 9.59 Å². The topological polar surface area (TPSA) is 84.4 Å². The third-order valence-electron chi connectivity index (χ3n) is 5.24. The van der Waals surface area contributed by atoms with Crippen molar-refractivity contribution in [3.63, 3.8) is 0 Å². The summed E-state index contributed by atoms with van der Waals surface area (Å²) in [5.74, 6) is 0.518. The predicted molar refractivity (Wildman–Crippen MR) is 103 cm³/mol. The monoisotopic (exact) mass is 386 g/mol. The van der Waals surface area contributed by atoms with E-state index in [4.69, 9.17) is 4.74 Å². The number of carbonyl (C=O) groups is 2. The average Bonchev–Trinajstić information content (AvgIpc) is 3.42. The van der Waals surface area contributed by atoms with Crippen molar-refractivity contribution in [1.29, 1.82) is 0 Å². The first-order valence-electron chi connectivity index (χ1n) is 9.22. The minimum atomic E-state index is -0.400. The molecule has 1 aromatic heterocycles. The van der Waals surface area contributed by atoms with Gasteiger partial charge in [-0.1, -0.05) is 30.2 Å². The van der Waals surface area contributed by atoms with E-state index in [-0.39, 0.29) is 18.2 Å². The van der Waals surface area contributed by atoms with Crippen LogP contribution >= 0.6 is 11.3 Å². The van der Waals surface area contributed by atoms with Gasteiger partial charge in [-0.25, -0.2) is 0 Å². The Balaban J connectivity index is 1.40. The number of nitrogens with one attached hydrogen (secondary N) is 1. The Bertz CT molecular complexity index is 847. The second kappa shape index (κ2) is 7.64. The number of carbonyl (C=O) groups excluding carboxylic acids is 2. The van der Waals surface area contributed by atoms with Crippen molar-refractivity contribution in [3.05, 3.63) is 29.3 Å². The van der Waals surface area contributed by atoms with Gasteiger partial charge in [-0.2, -0.15) is 0 Å². The first kappa shape index (κ1) is 17.9. The Labute approximate surface area is 161 Å². The van der Waals surface area contributed by atoms with Crippen molar-refractivity contribution in [2.45, 2.75) is 38.0 Å². The summed E-state index contributed by atoms with van der Waals surface area (Å²) >= 11 is 1.45. The molecule has 1 saturated carbocycles. The molecule has 2 aliphatic rings. The van der Waals surface area contributed by atoms with Crippen molar-refractivity contribution in [2.24, 2.45) is 5.92 Å². The lowest BCUT2D eigenvalue weighted by Gasteiger charge is -2.17. The first-order valence-corrected chi connectivity index (χ1v) is 10.0. The Morgan fingerprint density at radius 2 is 2.11 bits per heavy atom. The molecule has 2 amide bonds. The average molecular weight is 386 g/mol. The van der Waals surface area contributed by atoms with E-state index in [1.807, 2.05) is 18.2 Å². The fourth-order valence-corrected chi connectivity index (χ4v) is 4.66. The van der Waals surface area contributed by atoms with Crippen LogP contribution in [0.15, 0.2) is 24.3 Å². The van der Waals surface area contributed by atoms with Crippen molar-refractivity contribution >= 4 is 34.0 Å². The largest absolute Gasteiger partial charge is 0.497 e. The number of hydrogen-bond acceptors (Lipinski definition) is 6. The molecule has 1 N–H and O–H groups in total. The molecule has 0 spiro atoms. The van der Waals surface area contributed by atoms with Gasteiger partial charge < -0.3 is 15.0 Å². The second-order valence-corrected chi connectivity index (χ2v) is 8.03. The molecule has 4 rings (SSSR count). The van der Waals surface area contributed by atoms with Gasteiger partial charge in [0.1, 0.15) is 10.8 Å². The summed E-state index contributed by atoms with van der Waals surface area (Å²) in [7, 11) is 1.59. The summed E-state index contributed by atoms with van der Waals surface area (Å²) in [6, 6.07) is 7.31. The standard InChI is InChI=1S/C19H22N4O3S/c1-26-15-8-4-7-14(10-15)23-11-13(9-16(23)24)17(25)20-19-22-21-18(27-19)12-5-2-3-6-12/h4,7-8,10,12-13H,2-3,5-6,9,11H2,1H3,(H,20,22,25). The number of nitrogens with zero attached hydrogens (tertiary/aromatic N) is 3. The van der Waals surface area contributed by atoms with E-state index in [2.05, 4.69) is 15.5 Å². The highest BCUT2D eigenvalue weighted by Crippen LogP contribution is 2.36. The van der Waals surface area contributed by atoms with Crippen molar-refractivity contribution < 1.29 is 14.3 Å². The summed E-state index contributed by atoms with van der Waals surface area (Å²) in [6.45, 7) is 0.353. The van der Waals surface area contributed by atoms with Crippen LogP contribution in [0.3, 0.4) is 0 Å². The highest BCUT2D eigenvalue weighted by Gasteiger charge is 2.35. The SMILES string of the molecule is COc1cccc(N2CC(C(=O)Nc3nnc(C4CCCC4)s3)CC2=O)c1. The maximum Gasteiger partial charge on any atom is 0.231 e. The third kappa shape index (κ3) is 3.80. The molecule has 1 aliphatic carbocycles. The first-order chi connectivity index (χ1) is 13.1. The molecule has 7 nitrogen and oxygen atoms in total. The zero-order valence-corrected chi connectivity index (χ0v) is 16.0. The molecule has 1 saturated heterocycles. The highest BCUT2D eigenvalue weighted by molar-refractivity contribution is 7.15. The molecule has 142 valence electrons. The van der Waals surface area contributed by atoms with Crippen LogP contribution in [0, 0.1) is 5.92 Å². The van der Waals surface area contributed by atoms with E-state index >= 15 is 0 Å². The molecule has 1 aliphatic heterocycles. The summed E-state index contributed by atoms with van der Waals surface area (Å²) in [5, 5.41) is 12.7. The van der Waals surface area contributed by atoms with Gasteiger partial charge in [0, 0.05) is 30.6 Å². The summed E-state index contributed by atoms with van der Waals surface area (Å²) in [5.41, 5.74) is 0.745. The summed E-state index contributed by atoms with van der Waals surface area (Å²) < 4.78 is 5.22. The maximum absolute atomic E-state index is 12.6. The molecule has 8 heteroatoms. The van der Waals surface area contributed by atoms with Crippen molar-refractivity contribution in [3.8, 4) is 5.75 Å². The number of rotatable bonds is 5. The van der Waals surface area contributed by atoms with Crippen LogP contribution in [-0.4, -0.2) is 35.7 Å². The second-order valence-electron chi connectivity index (χ2n) is 7.02. The van der Waals surface area contributed by atoms with E-state index in [0.717, 1.165) is 23.5 Å². The molecular weight excluding hydrogens is 364 g/mol. The van der Waals surface area contributed by atoms with Gasteiger partial charge in [-0.05, 0) is 25.0 Å². The van der Waals surface area contributed by atoms with Gasteiger partial charge in [0.2, 0.25) is 16.9 Å². The van der Waals surface area contributed by atoms with Crippen LogP contribution in [0.25, 0.3) is 0 Å². The van der Waals surface area contributed by atoms with Crippen molar-refractivity contribution in [2.75, 3.05) is 23.9 Å². The fourth-order valence-electron chi connectivity index (χ4n) is 3.74. The molecule has 2 aromatic rings. The zero-order chi connectivity index (χ0) is 18.8. The van der Waals surface area contributed by atoms with Gasteiger partial charge in [0.05, 0.1) is 13.0 Å². The summed E-state index contributed by atoms with van der Waals surface area (Å²) in [4.78, 5) is 26.7. The van der Waals surface area contributed by atoms with Gasteiger partial charge in [-0.15, -0.1) is 10.2 Å². The lowest BCUT2D eigenvalue weighted by Crippen LogP contribution is -2.28. The van der Waals surface area contributed by atoms with E-state index < -0.39 is 5.92 Å². The Hall–Kier alpha value is -2.48. The van der Waals surface area contributed by atoms with Crippen LogP contribution in [0.2, 0.25) is 0 Å². The molecule has 1 aromatic carbocycles. The molecule has 1 unspecified atom stereocenters. The third-order valence-corrected chi connectivity index (χ3v) is 6.24. The lowest BCUT2D eigenvalue weighted by atomic mass is 10.1. The number of aromatic nitrogens is 2. The summed E-state index contributed by atoms with van der Waals surface area (Å²) in [6.07, 6.45) is 4.95. The van der Waals surface area contributed by atoms with Gasteiger partial charge in [-0.3, -0.25) is 9.59 Å². The molecule has 27 heavy (non-hydrogen) atoms. The number of ether oxygens (including phenoxy) is 1. The minimum Gasteiger partial charge on any atom is -0.497 e. The van der Waals surface area contributed by atoms with Crippen molar-refractivity contribution in [1.82, 2.24) is 10.2 Å². The van der Waals surface area contributed by atoms with Crippen LogP contribution in [-0.2, 0) is 9.59 Å². The van der Waals surface area contributed by atoms with E-state index in [1.54, 1.807) is 18.1 Å². The maximum atomic E-state index is 12.6. The Morgan fingerprint density at radius 3 is 2.89 bits per heavy atom. The predicted octanol–water partition coefficient (Wildman–Crippen LogP) is 3.20. The molecule has 2 heterocycles. The molecule has 0 radical (unpaired) electrons. The van der Waals surface area contributed by atoms with Gasteiger partial charge >= 0.3 is 0 Å². The number of amides is 2. The van der Waals surface area contributed by atoms with Crippen LogP contribution < -0.4 is 15.0 Å². The molecular formula is C19H22N4O3S. The molecule has 0 bridgehead atoms. The van der Waals surface area contributed by atoms with Gasteiger partial charge in [0.15, 0.2) is 0 Å². The van der Waals surface area contributed by atoms with E-state index in [1.165, 1.54) is 24.2 Å². The minimum absolute atomic E-state index is 0.0627. The van der Waals surface area contributed by atoms with Crippen LogP contribution in [0.1, 0.15) is 43.0 Å². The number of hydrogen-bond donors (Lipinski definition) is 1. The van der Waals surface area contributed by atoms with E-state index in [0.29, 0.717) is 23.3 Å². The normalized spacial score (nSPS) is 20.3. The number of benzene rings is 1. The van der Waals surface area contributed by atoms with Crippen LogP contribution in [0.4, 0.5) is 10.8 Å². The fraction of sp³-hybridized carbons (Fsp3) is 0.474. The quantitative estimate of drug-likeness (QED) is 0.853. The molecule has 1 atom stereocenters. The zero-order valence-electron chi connectivity index (χ0n) is 15.2. The lowest BCUT2D eigenvalue weighted by molar-refractivity contribution is -0.122. The number of methoxy groups -OCH3 is 1. The smallest absolute Gasteiger partial charge is 0.231 e. The van der Waals surface area contributed by atoms with Gasteiger partial charge in [0.25, 0.3) is 0 Å². The Kier molecular flexibility index (Phi) is 5.07. The van der Waals surface area contributed by atoms with Crippen LogP contribution in [0.5, 0.6) is 5.75 Å². The molecule has 2 fully saturated rings.